The summed E-state index contributed by atoms with van der Waals surface area (Å²) in [6.45, 7) is 2.84. The molecule has 0 radical (unpaired) electrons. The first-order chi connectivity index (χ1) is 15.5. The first-order valence-corrected chi connectivity index (χ1v) is 12.4. The molecule has 0 aliphatic heterocycles. The Balaban J connectivity index is 1.94. The van der Waals surface area contributed by atoms with Crippen LogP contribution >= 0.6 is 23.1 Å². The third-order valence-corrected chi connectivity index (χ3v) is 7.59. The number of carboxylic acids is 1. The van der Waals surface area contributed by atoms with Crippen LogP contribution < -0.4 is 0 Å². The molecular weight excluding hydrogens is 479 g/mol. The number of carboxylic acid groups (broad SMARTS) is 1. The summed E-state index contributed by atoms with van der Waals surface area (Å²) in [6, 6.07) is 0. The molecule has 1 fully saturated rings. The van der Waals surface area contributed by atoms with E-state index in [9.17, 15) is 27.9 Å². The van der Waals surface area contributed by atoms with Crippen LogP contribution in [0, 0.1) is 11.8 Å². The molecule has 0 aromatic carbocycles. The topological polar surface area (TPSA) is 96.7 Å². The van der Waals surface area contributed by atoms with Crippen LogP contribution in [0.1, 0.15) is 62.9 Å². The van der Waals surface area contributed by atoms with E-state index in [-0.39, 0.29) is 42.4 Å². The summed E-state index contributed by atoms with van der Waals surface area (Å²) in [6.07, 6.45) is 2.84. The zero-order valence-corrected chi connectivity index (χ0v) is 20.1. The highest BCUT2D eigenvalue weighted by atomic mass is 32.2. The molecule has 0 amide bonds. The number of hydrogen-bond acceptors (Lipinski definition) is 7. The Morgan fingerprint density at radius 1 is 1.36 bits per heavy atom. The summed E-state index contributed by atoms with van der Waals surface area (Å²) in [5, 5.41) is 20.8. The minimum absolute atomic E-state index is 0.0126. The maximum atomic E-state index is 13.0. The average Bonchev–Trinajstić information content (AvgIpc) is 3.34. The monoisotopic (exact) mass is 507 g/mol. The standard InChI is InChI=1S/C22H28F3NO5S2/c1-13(27)31-18-6-5-14(4-3-9-22(2,30)10-7-16(23)19(24)25)15(18)8-11-32-21-26-17(12-33-21)20(28)29/h3-4,12,14-15,18,30H,5-11H2,1-2H3,(H,28,29)/b4-3+/t14-,15+,18-,22?/m0/s1. The lowest BCUT2D eigenvalue weighted by Crippen LogP contribution is -2.25. The third-order valence-electron chi connectivity index (χ3n) is 5.54. The lowest BCUT2D eigenvalue weighted by atomic mass is 9.90. The zero-order chi connectivity index (χ0) is 24.6. The number of esters is 1. The van der Waals surface area contributed by atoms with Gasteiger partial charge >= 0.3 is 18.0 Å². The third kappa shape index (κ3) is 9.13. The van der Waals surface area contributed by atoms with Crippen molar-refractivity contribution in [3.63, 3.8) is 0 Å². The second-order valence-corrected chi connectivity index (χ2v) is 10.5. The fraction of sp³-hybridized carbons (Fsp3) is 0.591. The van der Waals surface area contributed by atoms with Crippen molar-refractivity contribution < 1.29 is 37.7 Å². The molecule has 1 aliphatic rings. The van der Waals surface area contributed by atoms with E-state index >= 15 is 0 Å². The number of halogens is 3. The molecule has 1 aromatic heterocycles. The second kappa shape index (κ2) is 12.6. The molecule has 1 heterocycles. The number of carbonyl (C=O) groups excluding carboxylic acids is 1. The molecule has 2 N–H and O–H groups in total. The summed E-state index contributed by atoms with van der Waals surface area (Å²) in [5.41, 5.74) is -1.31. The number of hydrogen-bond donors (Lipinski definition) is 2. The molecule has 4 atom stereocenters. The van der Waals surface area contributed by atoms with Crippen molar-refractivity contribution >= 4 is 35.0 Å². The molecule has 0 saturated heterocycles. The first kappa shape index (κ1) is 27.4. The molecule has 2 rings (SSSR count). The molecule has 1 unspecified atom stereocenters. The molecule has 0 bridgehead atoms. The van der Waals surface area contributed by atoms with Gasteiger partial charge in [-0.25, -0.2) is 14.2 Å². The summed E-state index contributed by atoms with van der Waals surface area (Å²) in [7, 11) is 0. The van der Waals surface area contributed by atoms with Crippen LogP contribution in [0.2, 0.25) is 0 Å². The number of thioether (sulfide) groups is 1. The van der Waals surface area contributed by atoms with Gasteiger partial charge in [-0.1, -0.05) is 23.9 Å². The van der Waals surface area contributed by atoms with Crippen molar-refractivity contribution in [3.05, 3.63) is 35.1 Å². The van der Waals surface area contributed by atoms with Gasteiger partial charge in [0.15, 0.2) is 15.9 Å². The van der Waals surface area contributed by atoms with Crippen molar-refractivity contribution in [1.82, 2.24) is 4.98 Å². The highest BCUT2D eigenvalue weighted by Crippen LogP contribution is 2.39. The van der Waals surface area contributed by atoms with Gasteiger partial charge in [0, 0.05) is 30.4 Å². The van der Waals surface area contributed by atoms with Gasteiger partial charge in [-0.15, -0.1) is 11.3 Å². The summed E-state index contributed by atoms with van der Waals surface area (Å²) in [5.74, 6) is -2.13. The molecular formula is C22H28F3NO5S2. The van der Waals surface area contributed by atoms with Gasteiger partial charge in [-0.2, -0.15) is 8.78 Å². The van der Waals surface area contributed by atoms with Crippen molar-refractivity contribution in [2.45, 2.75) is 68.4 Å². The van der Waals surface area contributed by atoms with E-state index in [2.05, 4.69) is 4.98 Å². The van der Waals surface area contributed by atoms with Gasteiger partial charge in [0.05, 0.1) is 5.60 Å². The smallest absolute Gasteiger partial charge is 0.355 e. The number of rotatable bonds is 12. The SMILES string of the molecule is CC(=O)O[C@H]1CC[C@H](/C=C/CC(C)(O)CCC(F)=C(F)F)[C@H]1CCSc1nc(C(=O)O)cs1. The van der Waals surface area contributed by atoms with Crippen molar-refractivity contribution in [2.24, 2.45) is 11.8 Å². The van der Waals surface area contributed by atoms with Gasteiger partial charge in [0.25, 0.3) is 0 Å². The van der Waals surface area contributed by atoms with E-state index in [4.69, 9.17) is 9.84 Å². The maximum absolute atomic E-state index is 13.0. The Bertz CT molecular complexity index is 883. The number of aromatic carboxylic acids is 1. The first-order valence-electron chi connectivity index (χ1n) is 10.6. The van der Waals surface area contributed by atoms with Crippen LogP contribution in [0.25, 0.3) is 0 Å². The van der Waals surface area contributed by atoms with Crippen molar-refractivity contribution in [2.75, 3.05) is 5.75 Å². The lowest BCUT2D eigenvalue weighted by molar-refractivity contribution is -0.148. The van der Waals surface area contributed by atoms with Gasteiger partial charge < -0.3 is 14.9 Å². The molecule has 11 heteroatoms. The predicted octanol–water partition coefficient (Wildman–Crippen LogP) is 5.84. The number of aromatic nitrogens is 1. The molecule has 1 saturated carbocycles. The van der Waals surface area contributed by atoms with E-state index in [1.54, 1.807) is 6.08 Å². The Morgan fingerprint density at radius 3 is 2.70 bits per heavy atom. The Hall–Kier alpha value is -1.85. The Morgan fingerprint density at radius 2 is 2.09 bits per heavy atom. The lowest BCUT2D eigenvalue weighted by Gasteiger charge is -2.24. The van der Waals surface area contributed by atoms with Crippen LogP contribution in [-0.4, -0.2) is 44.6 Å². The van der Waals surface area contributed by atoms with Gasteiger partial charge in [-0.3, -0.25) is 4.79 Å². The second-order valence-electron chi connectivity index (χ2n) is 8.29. The van der Waals surface area contributed by atoms with Gasteiger partial charge in [0.2, 0.25) is 0 Å². The zero-order valence-electron chi connectivity index (χ0n) is 18.4. The highest BCUT2D eigenvalue weighted by molar-refractivity contribution is 8.01. The Kier molecular flexibility index (Phi) is 10.4. The predicted molar refractivity (Wildman–Crippen MR) is 120 cm³/mol. The fourth-order valence-corrected chi connectivity index (χ4v) is 5.75. The van der Waals surface area contributed by atoms with Crippen LogP contribution in [0.3, 0.4) is 0 Å². The number of aliphatic hydroxyl groups is 1. The van der Waals surface area contributed by atoms with E-state index in [1.807, 2.05) is 6.08 Å². The van der Waals surface area contributed by atoms with E-state index in [0.29, 0.717) is 22.9 Å². The maximum Gasteiger partial charge on any atom is 0.355 e. The molecule has 184 valence electrons. The number of nitrogens with zero attached hydrogens (tertiary/aromatic N) is 1. The normalized spacial score (nSPS) is 22.3. The summed E-state index contributed by atoms with van der Waals surface area (Å²) < 4.78 is 43.6. The molecule has 6 nitrogen and oxygen atoms in total. The van der Waals surface area contributed by atoms with Gasteiger partial charge in [-0.05, 0) is 44.9 Å². The summed E-state index contributed by atoms with van der Waals surface area (Å²) in [4.78, 5) is 26.5. The van der Waals surface area contributed by atoms with Crippen molar-refractivity contribution in [1.29, 1.82) is 0 Å². The van der Waals surface area contributed by atoms with E-state index < -0.39 is 29.9 Å². The van der Waals surface area contributed by atoms with Crippen LogP contribution in [-0.2, 0) is 9.53 Å². The molecule has 1 aliphatic carbocycles. The van der Waals surface area contributed by atoms with E-state index in [0.717, 1.165) is 6.42 Å². The van der Waals surface area contributed by atoms with Crippen molar-refractivity contribution in [3.8, 4) is 0 Å². The van der Waals surface area contributed by atoms with Gasteiger partial charge in [0.1, 0.15) is 6.10 Å². The number of thiazole rings is 1. The minimum atomic E-state index is -2.36. The average molecular weight is 508 g/mol. The number of allylic oxidation sites excluding steroid dienone is 2. The number of ether oxygens (including phenoxy) is 1. The minimum Gasteiger partial charge on any atom is -0.476 e. The van der Waals surface area contributed by atoms with Crippen LogP contribution in [0.4, 0.5) is 13.2 Å². The highest BCUT2D eigenvalue weighted by Gasteiger charge is 2.36. The largest absolute Gasteiger partial charge is 0.476 e. The van der Waals surface area contributed by atoms with Crippen LogP contribution in [0.15, 0.2) is 33.8 Å². The summed E-state index contributed by atoms with van der Waals surface area (Å²) >= 11 is 2.71. The van der Waals surface area contributed by atoms with E-state index in [1.165, 1.54) is 42.3 Å². The quantitative estimate of drug-likeness (QED) is 0.209. The van der Waals surface area contributed by atoms with Crippen LogP contribution in [0.5, 0.6) is 0 Å². The number of carbonyl (C=O) groups is 2. The molecule has 0 spiro atoms. The Labute approximate surface area is 198 Å². The molecule has 33 heavy (non-hydrogen) atoms. The fourth-order valence-electron chi connectivity index (χ4n) is 3.84. The molecule has 1 aromatic rings.